The second-order valence-electron chi connectivity index (χ2n) is 5.36. The van der Waals surface area contributed by atoms with E-state index in [2.05, 4.69) is 6.92 Å². The first kappa shape index (κ1) is 14.7. The van der Waals surface area contributed by atoms with Crippen molar-refractivity contribution in [3.8, 4) is 0 Å². The zero-order valence-corrected chi connectivity index (χ0v) is 11.7. The quantitative estimate of drug-likeness (QED) is 0.613. The molecule has 20 heavy (non-hydrogen) atoms. The van der Waals surface area contributed by atoms with Crippen molar-refractivity contribution in [3.05, 3.63) is 38.8 Å². The third-order valence-corrected chi connectivity index (χ3v) is 3.87. The van der Waals surface area contributed by atoms with E-state index in [0.717, 1.165) is 6.42 Å². The largest absolute Gasteiger partial charge is 0.376 e. The highest BCUT2D eigenvalue weighted by Gasteiger charge is 2.21. The Kier molecular flexibility index (Phi) is 4.89. The molecule has 1 aromatic heterocycles. The Morgan fingerprint density at radius 1 is 1.45 bits per heavy atom. The van der Waals surface area contributed by atoms with Gasteiger partial charge < -0.3 is 9.30 Å². The number of ether oxygens (including phenoxy) is 1. The maximum Gasteiger partial charge on any atom is 0.332 e. The number of pyridine rings is 1. The van der Waals surface area contributed by atoms with Gasteiger partial charge in [0.15, 0.2) is 0 Å². The molecule has 0 saturated heterocycles. The van der Waals surface area contributed by atoms with Crippen LogP contribution in [0.5, 0.6) is 0 Å². The van der Waals surface area contributed by atoms with Crippen molar-refractivity contribution in [2.45, 2.75) is 45.3 Å². The molecule has 1 heterocycles. The molecule has 6 heteroatoms. The van der Waals surface area contributed by atoms with E-state index in [4.69, 9.17) is 4.74 Å². The summed E-state index contributed by atoms with van der Waals surface area (Å²) < 4.78 is 7.49. The molecule has 110 valence electrons. The molecule has 1 aromatic rings. The van der Waals surface area contributed by atoms with Crippen LogP contribution in [0.4, 0.5) is 5.69 Å². The SMILES string of the molecule is CC1CCCCC1OCCn1ccc(=O)c([N+](=O)[O-])c1. The molecule has 2 rings (SSSR count). The Morgan fingerprint density at radius 3 is 2.90 bits per heavy atom. The van der Waals surface area contributed by atoms with Crippen LogP contribution in [0.1, 0.15) is 32.6 Å². The third kappa shape index (κ3) is 3.66. The van der Waals surface area contributed by atoms with Crippen LogP contribution in [0.25, 0.3) is 0 Å². The summed E-state index contributed by atoms with van der Waals surface area (Å²) in [6, 6.07) is 1.22. The zero-order valence-electron chi connectivity index (χ0n) is 11.7. The minimum Gasteiger partial charge on any atom is -0.376 e. The molecule has 1 fully saturated rings. The first-order valence-corrected chi connectivity index (χ1v) is 7.04. The fourth-order valence-corrected chi connectivity index (χ4v) is 2.63. The highest BCUT2D eigenvalue weighted by Crippen LogP contribution is 2.26. The van der Waals surface area contributed by atoms with Gasteiger partial charge in [0, 0.05) is 18.8 Å². The van der Waals surface area contributed by atoms with Crippen molar-refractivity contribution in [3.63, 3.8) is 0 Å². The van der Waals surface area contributed by atoms with Crippen LogP contribution < -0.4 is 5.43 Å². The summed E-state index contributed by atoms with van der Waals surface area (Å²) in [6.07, 6.45) is 7.89. The van der Waals surface area contributed by atoms with E-state index in [1.165, 1.54) is 31.5 Å². The van der Waals surface area contributed by atoms with Gasteiger partial charge in [-0.25, -0.2) is 0 Å². The molecular weight excluding hydrogens is 260 g/mol. The molecule has 0 bridgehead atoms. The number of aromatic nitrogens is 1. The van der Waals surface area contributed by atoms with Crippen LogP contribution in [0, 0.1) is 16.0 Å². The van der Waals surface area contributed by atoms with Crippen LogP contribution in [0.2, 0.25) is 0 Å². The molecule has 6 nitrogen and oxygen atoms in total. The molecule has 1 saturated carbocycles. The smallest absolute Gasteiger partial charge is 0.332 e. The fourth-order valence-electron chi connectivity index (χ4n) is 2.63. The van der Waals surface area contributed by atoms with Gasteiger partial charge in [0.25, 0.3) is 5.43 Å². The van der Waals surface area contributed by atoms with E-state index in [1.54, 1.807) is 10.8 Å². The number of nitro groups is 1. The lowest BCUT2D eigenvalue weighted by atomic mass is 9.88. The number of rotatable bonds is 5. The van der Waals surface area contributed by atoms with Gasteiger partial charge in [0.05, 0.1) is 23.8 Å². The molecule has 1 aliphatic rings. The Morgan fingerprint density at radius 2 is 2.20 bits per heavy atom. The predicted molar refractivity (Wildman–Crippen MR) is 74.7 cm³/mol. The highest BCUT2D eigenvalue weighted by atomic mass is 16.6. The van der Waals surface area contributed by atoms with Gasteiger partial charge in [-0.2, -0.15) is 0 Å². The average Bonchev–Trinajstić information content (AvgIpc) is 2.42. The summed E-state index contributed by atoms with van der Waals surface area (Å²) in [5.41, 5.74) is -0.952. The molecule has 2 atom stereocenters. The monoisotopic (exact) mass is 280 g/mol. The van der Waals surface area contributed by atoms with Crippen LogP contribution in [-0.4, -0.2) is 22.2 Å². The Bertz CT molecular complexity index is 526. The van der Waals surface area contributed by atoms with Gasteiger partial charge in [0.2, 0.25) is 0 Å². The van der Waals surface area contributed by atoms with Gasteiger partial charge in [-0.05, 0) is 18.8 Å². The van der Waals surface area contributed by atoms with Crippen LogP contribution >= 0.6 is 0 Å². The minimum atomic E-state index is -0.650. The van der Waals surface area contributed by atoms with Crippen molar-refractivity contribution >= 4 is 5.69 Å². The van der Waals surface area contributed by atoms with Crippen molar-refractivity contribution < 1.29 is 9.66 Å². The zero-order chi connectivity index (χ0) is 14.5. The van der Waals surface area contributed by atoms with E-state index in [1.807, 2.05) is 0 Å². The van der Waals surface area contributed by atoms with Gasteiger partial charge >= 0.3 is 5.69 Å². The van der Waals surface area contributed by atoms with Crippen LogP contribution in [0.15, 0.2) is 23.3 Å². The average molecular weight is 280 g/mol. The van der Waals surface area contributed by atoms with E-state index < -0.39 is 16.0 Å². The molecule has 0 aliphatic heterocycles. The molecule has 0 N–H and O–H groups in total. The van der Waals surface area contributed by atoms with Gasteiger partial charge in [-0.1, -0.05) is 19.8 Å². The maximum atomic E-state index is 11.3. The highest BCUT2D eigenvalue weighted by molar-refractivity contribution is 5.25. The molecule has 0 aromatic carbocycles. The number of hydrogen-bond donors (Lipinski definition) is 0. The molecule has 0 spiro atoms. The van der Waals surface area contributed by atoms with Gasteiger partial charge in [-0.15, -0.1) is 0 Å². The lowest BCUT2D eigenvalue weighted by molar-refractivity contribution is -0.386. The van der Waals surface area contributed by atoms with E-state index in [0.29, 0.717) is 19.1 Å². The van der Waals surface area contributed by atoms with Crippen molar-refractivity contribution in [1.82, 2.24) is 4.57 Å². The lowest BCUT2D eigenvalue weighted by Crippen LogP contribution is -2.27. The summed E-state index contributed by atoms with van der Waals surface area (Å²) >= 11 is 0. The Labute approximate surface area is 117 Å². The fraction of sp³-hybridized carbons (Fsp3) is 0.643. The van der Waals surface area contributed by atoms with Gasteiger partial charge in [-0.3, -0.25) is 14.9 Å². The molecule has 0 amide bonds. The normalized spacial score (nSPS) is 22.6. The Balaban J connectivity index is 1.89. The van der Waals surface area contributed by atoms with Crippen LogP contribution in [0.3, 0.4) is 0 Å². The van der Waals surface area contributed by atoms with E-state index >= 15 is 0 Å². The number of nitrogens with zero attached hydrogens (tertiary/aromatic N) is 2. The topological polar surface area (TPSA) is 74.4 Å². The third-order valence-electron chi connectivity index (χ3n) is 3.87. The first-order valence-electron chi connectivity index (χ1n) is 7.04. The molecular formula is C14H20N2O4. The Hall–Kier alpha value is -1.69. The lowest BCUT2D eigenvalue weighted by Gasteiger charge is -2.28. The standard InChI is InChI=1S/C14H20N2O4/c1-11-4-2-3-5-14(11)20-9-8-15-7-6-13(17)12(10-15)16(18)19/h6-7,10-11,14H,2-5,8-9H2,1H3. The van der Waals surface area contributed by atoms with Crippen LogP contribution in [-0.2, 0) is 11.3 Å². The van der Waals surface area contributed by atoms with Gasteiger partial charge in [0.1, 0.15) is 0 Å². The van der Waals surface area contributed by atoms with E-state index in [-0.39, 0.29) is 6.10 Å². The second-order valence-corrected chi connectivity index (χ2v) is 5.36. The summed E-state index contributed by atoms with van der Waals surface area (Å²) in [5, 5.41) is 10.7. The molecule has 0 radical (unpaired) electrons. The van der Waals surface area contributed by atoms with Crippen molar-refractivity contribution in [1.29, 1.82) is 0 Å². The summed E-state index contributed by atoms with van der Waals surface area (Å²) in [6.45, 7) is 3.23. The van der Waals surface area contributed by atoms with Crippen molar-refractivity contribution in [2.75, 3.05) is 6.61 Å². The molecule has 2 unspecified atom stereocenters. The van der Waals surface area contributed by atoms with E-state index in [9.17, 15) is 14.9 Å². The summed E-state index contributed by atoms with van der Waals surface area (Å²) in [7, 11) is 0. The predicted octanol–water partition coefficient (Wildman–Crippen LogP) is 2.35. The van der Waals surface area contributed by atoms with Crippen molar-refractivity contribution in [2.24, 2.45) is 5.92 Å². The summed E-state index contributed by atoms with van der Waals surface area (Å²) in [5.74, 6) is 0.576. The molecule has 1 aliphatic carbocycles. The maximum absolute atomic E-state index is 11.3. The first-order chi connectivity index (χ1) is 9.58. The minimum absolute atomic E-state index is 0.290. The number of hydrogen-bond acceptors (Lipinski definition) is 4. The second kappa shape index (κ2) is 6.65. The summed E-state index contributed by atoms with van der Waals surface area (Å²) in [4.78, 5) is 21.3.